The van der Waals surface area contributed by atoms with Gasteiger partial charge in [-0.2, -0.15) is 5.10 Å². The number of rotatable bonds is 5. The molecule has 0 aliphatic carbocycles. The van der Waals surface area contributed by atoms with Crippen LogP contribution in [0.25, 0.3) is 0 Å². The third-order valence-electron chi connectivity index (χ3n) is 2.22. The fourth-order valence-electron chi connectivity index (χ4n) is 1.33. The van der Waals surface area contributed by atoms with Crippen molar-refractivity contribution >= 4 is 11.7 Å². The van der Waals surface area contributed by atoms with Crippen molar-refractivity contribution in [1.82, 2.24) is 14.7 Å². The molecule has 0 spiro atoms. The van der Waals surface area contributed by atoms with E-state index < -0.39 is 0 Å². The van der Waals surface area contributed by atoms with E-state index in [9.17, 15) is 4.79 Å². The average molecular weight is 224 g/mol. The minimum absolute atomic E-state index is 0.0975. The second-order valence-electron chi connectivity index (χ2n) is 3.33. The molecule has 0 saturated carbocycles. The highest BCUT2D eigenvalue weighted by molar-refractivity contribution is 5.98. The van der Waals surface area contributed by atoms with Crippen molar-refractivity contribution in [2.75, 3.05) is 25.4 Å². The van der Waals surface area contributed by atoms with Gasteiger partial charge in [0, 0.05) is 20.1 Å². The summed E-state index contributed by atoms with van der Waals surface area (Å²) in [4.78, 5) is 13.5. The lowest BCUT2D eigenvalue weighted by molar-refractivity contribution is 0.0744. The summed E-state index contributed by atoms with van der Waals surface area (Å²) in [5, 5.41) is 12.7. The lowest BCUT2D eigenvalue weighted by Crippen LogP contribution is -2.34. The molecule has 1 amide bonds. The summed E-state index contributed by atoms with van der Waals surface area (Å²) < 4.78 is 1.43. The van der Waals surface area contributed by atoms with E-state index in [4.69, 9.17) is 10.8 Å². The molecule has 0 bridgehead atoms. The molecule has 0 aliphatic heterocycles. The topological polar surface area (TPSA) is 84.4 Å². The molecule has 0 atom stereocenters. The Bertz CT molecular complexity index is 386. The lowest BCUT2D eigenvalue weighted by atomic mass is 10.2. The predicted molar refractivity (Wildman–Crippen MR) is 60.8 cm³/mol. The Hall–Kier alpha value is -1.82. The van der Waals surface area contributed by atoms with E-state index in [1.807, 2.05) is 0 Å². The van der Waals surface area contributed by atoms with Crippen molar-refractivity contribution in [2.45, 2.75) is 0 Å². The van der Waals surface area contributed by atoms with Crippen LogP contribution in [-0.2, 0) is 7.05 Å². The molecule has 16 heavy (non-hydrogen) atoms. The van der Waals surface area contributed by atoms with Gasteiger partial charge in [-0.15, -0.1) is 6.58 Å². The second-order valence-corrected chi connectivity index (χ2v) is 3.33. The van der Waals surface area contributed by atoms with Gasteiger partial charge >= 0.3 is 0 Å². The van der Waals surface area contributed by atoms with Gasteiger partial charge in [-0.25, -0.2) is 0 Å². The smallest absolute Gasteiger partial charge is 0.259 e. The van der Waals surface area contributed by atoms with Crippen LogP contribution in [-0.4, -0.2) is 45.4 Å². The highest BCUT2D eigenvalue weighted by Crippen LogP contribution is 2.12. The molecule has 0 saturated heterocycles. The number of carbonyl (C=O) groups is 1. The molecule has 6 nitrogen and oxygen atoms in total. The molecule has 1 heterocycles. The molecule has 1 rings (SSSR count). The SMILES string of the molecule is C=CCN(CCO)C(=O)c1cnn(C)c1N. The van der Waals surface area contributed by atoms with Crippen LogP contribution in [0.4, 0.5) is 5.82 Å². The Labute approximate surface area is 94.0 Å². The quantitative estimate of drug-likeness (QED) is 0.668. The van der Waals surface area contributed by atoms with Crippen LogP contribution in [0.15, 0.2) is 18.9 Å². The van der Waals surface area contributed by atoms with Crippen LogP contribution in [0.1, 0.15) is 10.4 Å². The van der Waals surface area contributed by atoms with E-state index in [-0.39, 0.29) is 19.1 Å². The number of hydrogen-bond donors (Lipinski definition) is 2. The Morgan fingerprint density at radius 3 is 2.94 bits per heavy atom. The summed E-state index contributed by atoms with van der Waals surface area (Å²) in [6.45, 7) is 4.08. The Morgan fingerprint density at radius 2 is 2.50 bits per heavy atom. The number of aliphatic hydroxyl groups excluding tert-OH is 1. The summed E-state index contributed by atoms with van der Waals surface area (Å²) in [5.41, 5.74) is 6.04. The highest BCUT2D eigenvalue weighted by atomic mass is 16.3. The fourth-order valence-corrected chi connectivity index (χ4v) is 1.33. The molecule has 0 fully saturated rings. The van der Waals surface area contributed by atoms with E-state index in [1.54, 1.807) is 13.1 Å². The molecule has 3 N–H and O–H groups in total. The van der Waals surface area contributed by atoms with Crippen molar-refractivity contribution in [3.63, 3.8) is 0 Å². The van der Waals surface area contributed by atoms with Gasteiger partial charge in [0.15, 0.2) is 0 Å². The third-order valence-corrected chi connectivity index (χ3v) is 2.22. The van der Waals surface area contributed by atoms with Gasteiger partial charge in [-0.3, -0.25) is 9.48 Å². The Kier molecular flexibility index (Phi) is 4.07. The molecule has 1 aromatic rings. The normalized spacial score (nSPS) is 10.1. The predicted octanol–water partition coefficient (Wildman–Crippen LogP) is -0.377. The van der Waals surface area contributed by atoms with Gasteiger partial charge in [-0.05, 0) is 0 Å². The van der Waals surface area contributed by atoms with Crippen molar-refractivity contribution < 1.29 is 9.90 Å². The van der Waals surface area contributed by atoms with Crippen molar-refractivity contribution in [3.8, 4) is 0 Å². The fraction of sp³-hybridized carbons (Fsp3) is 0.400. The Morgan fingerprint density at radius 1 is 1.81 bits per heavy atom. The van der Waals surface area contributed by atoms with Crippen LogP contribution >= 0.6 is 0 Å². The molecule has 0 aromatic carbocycles. The molecule has 0 radical (unpaired) electrons. The van der Waals surface area contributed by atoms with Crippen LogP contribution in [0.3, 0.4) is 0 Å². The number of nitrogen functional groups attached to an aromatic ring is 1. The molecule has 0 unspecified atom stereocenters. The van der Waals surface area contributed by atoms with Crippen LogP contribution in [0, 0.1) is 0 Å². The number of aromatic nitrogens is 2. The number of aryl methyl sites for hydroxylation is 1. The Balaban J connectivity index is 2.89. The summed E-state index contributed by atoms with van der Waals surface area (Å²) >= 11 is 0. The van der Waals surface area contributed by atoms with E-state index in [1.165, 1.54) is 15.8 Å². The number of amides is 1. The van der Waals surface area contributed by atoms with Crippen LogP contribution < -0.4 is 5.73 Å². The standard InChI is InChI=1S/C10H16N4O2/c1-3-4-14(5-6-15)10(16)8-7-12-13(2)9(8)11/h3,7,15H,1,4-6,11H2,2H3. The first kappa shape index (κ1) is 12.3. The molecule has 1 aromatic heterocycles. The molecular formula is C10H16N4O2. The number of nitrogens with zero attached hydrogens (tertiary/aromatic N) is 3. The molecule has 6 heteroatoms. The van der Waals surface area contributed by atoms with Crippen molar-refractivity contribution in [2.24, 2.45) is 7.05 Å². The number of aliphatic hydroxyl groups is 1. The number of hydrogen-bond acceptors (Lipinski definition) is 4. The third kappa shape index (κ3) is 2.40. The average Bonchev–Trinajstić information content (AvgIpc) is 2.59. The summed E-state index contributed by atoms with van der Waals surface area (Å²) in [6, 6.07) is 0. The van der Waals surface area contributed by atoms with Crippen LogP contribution in [0.5, 0.6) is 0 Å². The van der Waals surface area contributed by atoms with Gasteiger partial charge < -0.3 is 15.7 Å². The minimum Gasteiger partial charge on any atom is -0.395 e. The van der Waals surface area contributed by atoms with Crippen molar-refractivity contribution in [1.29, 1.82) is 0 Å². The number of nitrogens with two attached hydrogens (primary N) is 1. The highest BCUT2D eigenvalue weighted by Gasteiger charge is 2.19. The van der Waals surface area contributed by atoms with Gasteiger partial charge in [-0.1, -0.05) is 6.08 Å². The first-order valence-electron chi connectivity index (χ1n) is 4.90. The number of carbonyl (C=O) groups excluding carboxylic acids is 1. The maximum absolute atomic E-state index is 12.0. The summed E-state index contributed by atoms with van der Waals surface area (Å²) in [5.74, 6) is 0.0663. The van der Waals surface area contributed by atoms with E-state index >= 15 is 0 Å². The first-order chi connectivity index (χ1) is 7.61. The summed E-state index contributed by atoms with van der Waals surface area (Å²) in [7, 11) is 1.66. The van der Waals surface area contributed by atoms with E-state index in [0.717, 1.165) is 0 Å². The largest absolute Gasteiger partial charge is 0.395 e. The van der Waals surface area contributed by atoms with Crippen LogP contribution in [0.2, 0.25) is 0 Å². The van der Waals surface area contributed by atoms with Gasteiger partial charge in [0.25, 0.3) is 5.91 Å². The van der Waals surface area contributed by atoms with E-state index in [2.05, 4.69) is 11.7 Å². The van der Waals surface area contributed by atoms with Gasteiger partial charge in [0.2, 0.25) is 0 Å². The lowest BCUT2D eigenvalue weighted by Gasteiger charge is -2.19. The second kappa shape index (κ2) is 5.32. The molecular weight excluding hydrogens is 208 g/mol. The maximum Gasteiger partial charge on any atom is 0.259 e. The molecule has 0 aliphatic rings. The summed E-state index contributed by atoms with van der Waals surface area (Å²) in [6.07, 6.45) is 3.02. The zero-order chi connectivity index (χ0) is 12.1. The zero-order valence-electron chi connectivity index (χ0n) is 9.26. The maximum atomic E-state index is 12.0. The van der Waals surface area contributed by atoms with Gasteiger partial charge in [0.1, 0.15) is 11.4 Å². The van der Waals surface area contributed by atoms with Crippen molar-refractivity contribution in [3.05, 3.63) is 24.4 Å². The zero-order valence-corrected chi connectivity index (χ0v) is 9.26. The van der Waals surface area contributed by atoms with Gasteiger partial charge in [0.05, 0.1) is 12.8 Å². The van der Waals surface area contributed by atoms with E-state index in [0.29, 0.717) is 17.9 Å². The monoisotopic (exact) mass is 224 g/mol. The first-order valence-corrected chi connectivity index (χ1v) is 4.90. The minimum atomic E-state index is -0.250. The molecule has 88 valence electrons. The number of anilines is 1.